The van der Waals surface area contributed by atoms with E-state index in [-0.39, 0.29) is 12.0 Å². The summed E-state index contributed by atoms with van der Waals surface area (Å²) in [5.41, 5.74) is 2.19. The molecule has 1 amide bonds. The summed E-state index contributed by atoms with van der Waals surface area (Å²) in [5.74, 6) is 0.630. The van der Waals surface area contributed by atoms with Crippen molar-refractivity contribution in [2.45, 2.75) is 31.8 Å². The smallest absolute Gasteiger partial charge is 0.225 e. The van der Waals surface area contributed by atoms with Crippen molar-refractivity contribution in [1.82, 2.24) is 14.4 Å². The predicted molar refractivity (Wildman–Crippen MR) is 95.3 cm³/mol. The van der Waals surface area contributed by atoms with E-state index >= 15 is 0 Å². The molecule has 1 fully saturated rings. The number of rotatable bonds is 5. The lowest BCUT2D eigenvalue weighted by Gasteiger charge is -2.10. The summed E-state index contributed by atoms with van der Waals surface area (Å²) in [4.78, 5) is 21.5. The molecule has 128 valence electrons. The van der Waals surface area contributed by atoms with Gasteiger partial charge in [-0.15, -0.1) is 0 Å². The molecule has 25 heavy (non-hydrogen) atoms. The van der Waals surface area contributed by atoms with E-state index in [1.54, 1.807) is 6.20 Å². The maximum atomic E-state index is 12.5. The highest BCUT2D eigenvalue weighted by molar-refractivity contribution is 5.94. The average molecular weight is 336 g/mol. The molecule has 4 heterocycles. The predicted octanol–water partition coefficient (Wildman–Crippen LogP) is 3.29. The lowest BCUT2D eigenvalue weighted by molar-refractivity contribution is -0.116. The monoisotopic (exact) mass is 336 g/mol. The fourth-order valence-electron chi connectivity index (χ4n) is 3.16. The zero-order valence-electron chi connectivity index (χ0n) is 13.9. The SMILES string of the molecule is O=C(CC[C@H]1CCCO1)Nc1c(-c2ccccn2)nc2ccccn12. The first-order valence-electron chi connectivity index (χ1n) is 8.61. The molecule has 1 aliphatic rings. The van der Waals surface area contributed by atoms with Gasteiger partial charge in [0, 0.05) is 25.4 Å². The highest BCUT2D eigenvalue weighted by Gasteiger charge is 2.19. The van der Waals surface area contributed by atoms with Crippen molar-refractivity contribution in [3.63, 3.8) is 0 Å². The minimum absolute atomic E-state index is 0.0293. The van der Waals surface area contributed by atoms with Gasteiger partial charge in [-0.05, 0) is 43.5 Å². The maximum Gasteiger partial charge on any atom is 0.225 e. The molecular weight excluding hydrogens is 316 g/mol. The number of pyridine rings is 2. The Morgan fingerprint density at radius 3 is 3.00 bits per heavy atom. The molecule has 1 aliphatic heterocycles. The van der Waals surface area contributed by atoms with Gasteiger partial charge in [-0.2, -0.15) is 0 Å². The van der Waals surface area contributed by atoms with Crippen molar-refractivity contribution >= 4 is 17.4 Å². The average Bonchev–Trinajstić information content (AvgIpc) is 3.29. The number of nitrogens with one attached hydrogen (secondary N) is 1. The fraction of sp³-hybridized carbons (Fsp3) is 0.316. The number of imidazole rings is 1. The molecule has 0 aromatic carbocycles. The van der Waals surface area contributed by atoms with Crippen molar-refractivity contribution in [3.05, 3.63) is 48.8 Å². The summed E-state index contributed by atoms with van der Waals surface area (Å²) in [7, 11) is 0. The van der Waals surface area contributed by atoms with Crippen LogP contribution in [0, 0.1) is 0 Å². The normalized spacial score (nSPS) is 17.0. The van der Waals surface area contributed by atoms with Crippen LogP contribution in [0.25, 0.3) is 17.0 Å². The largest absolute Gasteiger partial charge is 0.378 e. The van der Waals surface area contributed by atoms with Crippen molar-refractivity contribution in [3.8, 4) is 11.4 Å². The molecule has 1 N–H and O–H groups in total. The molecule has 3 aromatic rings. The summed E-state index contributed by atoms with van der Waals surface area (Å²) in [6, 6.07) is 11.4. The van der Waals surface area contributed by atoms with Gasteiger partial charge >= 0.3 is 0 Å². The number of carbonyl (C=O) groups excluding carboxylic acids is 1. The first kappa shape index (κ1) is 15.8. The minimum atomic E-state index is -0.0293. The Kier molecular flexibility index (Phi) is 4.43. The van der Waals surface area contributed by atoms with Crippen LogP contribution < -0.4 is 5.32 Å². The minimum Gasteiger partial charge on any atom is -0.378 e. The third-order valence-electron chi connectivity index (χ3n) is 4.41. The molecule has 3 aromatic heterocycles. The second kappa shape index (κ2) is 7.03. The Labute approximate surface area is 145 Å². The zero-order valence-corrected chi connectivity index (χ0v) is 13.9. The van der Waals surface area contributed by atoms with E-state index in [1.807, 2.05) is 47.0 Å². The van der Waals surface area contributed by atoms with Gasteiger partial charge in [-0.25, -0.2) is 4.98 Å². The number of amides is 1. The number of carbonyl (C=O) groups is 1. The lowest BCUT2D eigenvalue weighted by atomic mass is 10.1. The van der Waals surface area contributed by atoms with Gasteiger partial charge in [0.25, 0.3) is 0 Å². The van der Waals surface area contributed by atoms with Crippen LogP contribution in [0.5, 0.6) is 0 Å². The Morgan fingerprint density at radius 1 is 1.28 bits per heavy atom. The molecule has 1 saturated heterocycles. The molecule has 6 heteroatoms. The van der Waals surface area contributed by atoms with Crippen molar-refractivity contribution < 1.29 is 9.53 Å². The van der Waals surface area contributed by atoms with Crippen molar-refractivity contribution in [2.75, 3.05) is 11.9 Å². The molecule has 0 radical (unpaired) electrons. The summed E-state index contributed by atoms with van der Waals surface area (Å²) in [6.07, 6.45) is 7.15. The lowest BCUT2D eigenvalue weighted by Crippen LogP contribution is -2.16. The van der Waals surface area contributed by atoms with E-state index in [4.69, 9.17) is 4.74 Å². The van der Waals surface area contributed by atoms with E-state index in [0.717, 1.165) is 37.2 Å². The van der Waals surface area contributed by atoms with E-state index in [9.17, 15) is 4.79 Å². The first-order valence-corrected chi connectivity index (χ1v) is 8.61. The highest BCUT2D eigenvalue weighted by atomic mass is 16.5. The van der Waals surface area contributed by atoms with Gasteiger partial charge in [0.1, 0.15) is 17.2 Å². The Hall–Kier alpha value is -2.73. The van der Waals surface area contributed by atoms with Gasteiger partial charge in [0.15, 0.2) is 0 Å². The van der Waals surface area contributed by atoms with E-state index < -0.39 is 0 Å². The standard InChI is InChI=1S/C19H20N4O2/c24-17(10-9-14-6-5-13-25-14)22-19-18(15-7-1-3-11-20-15)21-16-8-2-4-12-23(16)19/h1-4,7-8,11-12,14H,5-6,9-10,13H2,(H,22,24)/t14-/m1/s1. The fourth-order valence-corrected chi connectivity index (χ4v) is 3.16. The topological polar surface area (TPSA) is 68.5 Å². The van der Waals surface area contributed by atoms with E-state index in [1.165, 1.54) is 0 Å². The summed E-state index contributed by atoms with van der Waals surface area (Å²) < 4.78 is 7.48. The second-order valence-electron chi connectivity index (χ2n) is 6.17. The van der Waals surface area contributed by atoms with Crippen LogP contribution in [0.15, 0.2) is 48.8 Å². The summed E-state index contributed by atoms with van der Waals surface area (Å²) in [6.45, 7) is 0.809. The van der Waals surface area contributed by atoms with Crippen LogP contribution in [-0.4, -0.2) is 33.0 Å². The molecule has 0 bridgehead atoms. The van der Waals surface area contributed by atoms with E-state index in [2.05, 4.69) is 15.3 Å². The van der Waals surface area contributed by atoms with Gasteiger partial charge in [-0.3, -0.25) is 14.2 Å². The number of hydrogen-bond acceptors (Lipinski definition) is 4. The summed E-state index contributed by atoms with van der Waals surface area (Å²) >= 11 is 0. The molecule has 4 rings (SSSR count). The number of ether oxygens (including phenoxy) is 1. The molecule has 0 saturated carbocycles. The van der Waals surface area contributed by atoms with Crippen LogP contribution in [0.4, 0.5) is 5.82 Å². The molecular formula is C19H20N4O2. The number of fused-ring (bicyclic) bond motifs is 1. The van der Waals surface area contributed by atoms with Crippen LogP contribution in [0.2, 0.25) is 0 Å². The van der Waals surface area contributed by atoms with Crippen LogP contribution in [0.3, 0.4) is 0 Å². The van der Waals surface area contributed by atoms with Crippen molar-refractivity contribution in [2.24, 2.45) is 0 Å². The quantitative estimate of drug-likeness (QED) is 0.776. The maximum absolute atomic E-state index is 12.5. The molecule has 6 nitrogen and oxygen atoms in total. The number of nitrogens with zero attached hydrogens (tertiary/aromatic N) is 3. The molecule has 0 aliphatic carbocycles. The molecule has 1 atom stereocenters. The van der Waals surface area contributed by atoms with Crippen LogP contribution in [0.1, 0.15) is 25.7 Å². The van der Waals surface area contributed by atoms with Crippen LogP contribution in [-0.2, 0) is 9.53 Å². The molecule has 0 unspecified atom stereocenters. The first-order chi connectivity index (χ1) is 12.3. The Bertz CT molecular complexity index is 870. The summed E-state index contributed by atoms with van der Waals surface area (Å²) in [5, 5.41) is 3.02. The van der Waals surface area contributed by atoms with Crippen LogP contribution >= 0.6 is 0 Å². The number of aromatic nitrogens is 3. The third kappa shape index (κ3) is 3.39. The van der Waals surface area contributed by atoms with E-state index in [0.29, 0.717) is 17.9 Å². The zero-order chi connectivity index (χ0) is 17.1. The number of anilines is 1. The Balaban J connectivity index is 1.60. The third-order valence-corrected chi connectivity index (χ3v) is 4.41. The Morgan fingerprint density at radius 2 is 2.20 bits per heavy atom. The van der Waals surface area contributed by atoms with Gasteiger partial charge in [-0.1, -0.05) is 12.1 Å². The molecule has 0 spiro atoms. The van der Waals surface area contributed by atoms with Gasteiger partial charge in [0.2, 0.25) is 5.91 Å². The van der Waals surface area contributed by atoms with Crippen molar-refractivity contribution in [1.29, 1.82) is 0 Å². The highest BCUT2D eigenvalue weighted by Crippen LogP contribution is 2.27. The van der Waals surface area contributed by atoms with Gasteiger partial charge in [0.05, 0.1) is 11.8 Å². The van der Waals surface area contributed by atoms with Gasteiger partial charge < -0.3 is 10.1 Å². The second-order valence-corrected chi connectivity index (χ2v) is 6.17. The number of hydrogen-bond donors (Lipinski definition) is 1.